The molecule has 1 amide bonds. The lowest BCUT2D eigenvalue weighted by molar-refractivity contribution is 0.102. The summed E-state index contributed by atoms with van der Waals surface area (Å²) in [6.45, 7) is 0. The van der Waals surface area contributed by atoms with Gasteiger partial charge in [-0.3, -0.25) is 9.48 Å². The number of aromatic nitrogens is 4. The number of nitrogens with zero attached hydrogens (tertiary/aromatic N) is 4. The summed E-state index contributed by atoms with van der Waals surface area (Å²) < 4.78 is 1.71. The zero-order valence-electron chi connectivity index (χ0n) is 13.8. The fourth-order valence-corrected chi connectivity index (χ4v) is 2.70. The summed E-state index contributed by atoms with van der Waals surface area (Å²) in [5.74, 6) is 1.29. The van der Waals surface area contributed by atoms with Gasteiger partial charge in [0.25, 0.3) is 5.91 Å². The first-order valence-electron chi connectivity index (χ1n) is 8.13. The second-order valence-electron chi connectivity index (χ2n) is 6.22. The molecule has 1 fully saturated rings. The number of carbonyl (C=O) groups is 1. The number of hydrogen-bond donors (Lipinski definition) is 2. The largest absolute Gasteiger partial charge is 0.368 e. The van der Waals surface area contributed by atoms with Gasteiger partial charge in [0.1, 0.15) is 5.82 Å². The zero-order valence-corrected chi connectivity index (χ0v) is 13.8. The van der Waals surface area contributed by atoms with Crippen LogP contribution in [-0.4, -0.2) is 25.7 Å². The SMILES string of the molecule is Cn1nc(C2CC2)cc1NC(=O)c1cccc(-c2cnc(N)nc2)c1. The Balaban J connectivity index is 1.56. The van der Waals surface area contributed by atoms with Crippen molar-refractivity contribution in [3.63, 3.8) is 0 Å². The molecule has 126 valence electrons. The van der Waals surface area contributed by atoms with E-state index in [1.165, 1.54) is 12.8 Å². The molecule has 3 N–H and O–H groups in total. The molecule has 0 atom stereocenters. The first-order valence-corrected chi connectivity index (χ1v) is 8.13. The maximum atomic E-state index is 12.6. The Labute approximate surface area is 144 Å². The number of benzene rings is 1. The minimum absolute atomic E-state index is 0.177. The van der Waals surface area contributed by atoms with E-state index in [4.69, 9.17) is 5.73 Å². The Kier molecular flexibility index (Phi) is 3.68. The molecule has 7 nitrogen and oxygen atoms in total. The number of nitrogens with one attached hydrogen (secondary N) is 1. The van der Waals surface area contributed by atoms with Crippen LogP contribution in [0.25, 0.3) is 11.1 Å². The number of hydrogen-bond acceptors (Lipinski definition) is 5. The highest BCUT2D eigenvalue weighted by molar-refractivity contribution is 6.04. The van der Waals surface area contributed by atoms with Crippen LogP contribution in [0.5, 0.6) is 0 Å². The molecule has 1 saturated carbocycles. The standard InChI is InChI=1S/C18H18N6O/c1-24-16(8-15(23-24)11-5-6-11)22-17(25)13-4-2-3-12(7-13)14-9-20-18(19)21-10-14/h2-4,7-11H,5-6H2,1H3,(H,22,25)(H2,19,20,21). The van der Waals surface area contributed by atoms with Crippen LogP contribution < -0.4 is 11.1 Å². The highest BCUT2D eigenvalue weighted by Crippen LogP contribution is 2.39. The van der Waals surface area contributed by atoms with Crippen LogP contribution in [0, 0.1) is 0 Å². The van der Waals surface area contributed by atoms with Gasteiger partial charge in [-0.2, -0.15) is 5.10 Å². The summed E-state index contributed by atoms with van der Waals surface area (Å²) in [4.78, 5) is 20.6. The van der Waals surface area contributed by atoms with E-state index in [-0.39, 0.29) is 11.9 Å². The number of amides is 1. The lowest BCUT2D eigenvalue weighted by Crippen LogP contribution is -2.14. The van der Waals surface area contributed by atoms with E-state index in [1.807, 2.05) is 31.3 Å². The summed E-state index contributed by atoms with van der Waals surface area (Å²) >= 11 is 0. The van der Waals surface area contributed by atoms with Crippen molar-refractivity contribution in [3.8, 4) is 11.1 Å². The van der Waals surface area contributed by atoms with E-state index < -0.39 is 0 Å². The normalized spacial score (nSPS) is 13.6. The van der Waals surface area contributed by atoms with Gasteiger partial charge in [-0.15, -0.1) is 0 Å². The van der Waals surface area contributed by atoms with Gasteiger partial charge in [0.05, 0.1) is 5.69 Å². The van der Waals surface area contributed by atoms with E-state index in [1.54, 1.807) is 23.1 Å². The summed E-state index contributed by atoms with van der Waals surface area (Å²) in [6.07, 6.45) is 5.64. The van der Waals surface area contributed by atoms with Gasteiger partial charge in [0.2, 0.25) is 5.95 Å². The molecule has 7 heteroatoms. The first-order chi connectivity index (χ1) is 12.1. The predicted molar refractivity (Wildman–Crippen MR) is 95.0 cm³/mol. The molecular formula is C18H18N6O. The fourth-order valence-electron chi connectivity index (χ4n) is 2.70. The first kappa shape index (κ1) is 15.3. The Morgan fingerprint density at radius 3 is 2.68 bits per heavy atom. The zero-order chi connectivity index (χ0) is 17.4. The molecule has 25 heavy (non-hydrogen) atoms. The number of nitrogen functional groups attached to an aromatic ring is 1. The van der Waals surface area contributed by atoms with E-state index in [2.05, 4.69) is 20.4 Å². The molecule has 0 unspecified atom stereocenters. The average molecular weight is 334 g/mol. The van der Waals surface area contributed by atoms with Crippen LogP contribution in [0.15, 0.2) is 42.7 Å². The molecule has 1 aromatic carbocycles. The molecule has 2 aromatic heterocycles. The lowest BCUT2D eigenvalue weighted by atomic mass is 10.1. The van der Waals surface area contributed by atoms with Crippen LogP contribution in [-0.2, 0) is 7.05 Å². The third kappa shape index (κ3) is 3.21. The molecule has 1 aliphatic rings. The monoisotopic (exact) mass is 334 g/mol. The number of rotatable bonds is 4. The van der Waals surface area contributed by atoms with Crippen LogP contribution in [0.4, 0.5) is 11.8 Å². The Morgan fingerprint density at radius 1 is 1.20 bits per heavy atom. The Hall–Kier alpha value is -3.22. The van der Waals surface area contributed by atoms with E-state index >= 15 is 0 Å². The molecular weight excluding hydrogens is 316 g/mol. The maximum absolute atomic E-state index is 12.6. The van der Waals surface area contributed by atoms with E-state index in [9.17, 15) is 4.79 Å². The van der Waals surface area contributed by atoms with Crippen molar-refractivity contribution in [2.75, 3.05) is 11.1 Å². The van der Waals surface area contributed by atoms with Crippen molar-refractivity contribution in [2.24, 2.45) is 7.05 Å². The fraction of sp³-hybridized carbons (Fsp3) is 0.222. The van der Waals surface area contributed by atoms with Crippen LogP contribution in [0.1, 0.15) is 34.8 Å². The van der Waals surface area contributed by atoms with E-state index in [0.29, 0.717) is 17.3 Å². The smallest absolute Gasteiger partial charge is 0.256 e. The number of anilines is 2. The van der Waals surface area contributed by atoms with Crippen LogP contribution >= 0.6 is 0 Å². The van der Waals surface area contributed by atoms with Gasteiger partial charge < -0.3 is 11.1 Å². The van der Waals surface area contributed by atoms with Gasteiger partial charge in [-0.25, -0.2) is 9.97 Å². The van der Waals surface area contributed by atoms with Crippen molar-refractivity contribution in [1.82, 2.24) is 19.7 Å². The van der Waals surface area contributed by atoms with Gasteiger partial charge in [-0.1, -0.05) is 12.1 Å². The molecule has 0 radical (unpaired) electrons. The second-order valence-corrected chi connectivity index (χ2v) is 6.22. The molecule has 4 rings (SSSR count). The van der Waals surface area contributed by atoms with Crippen molar-refractivity contribution in [1.29, 1.82) is 0 Å². The highest BCUT2D eigenvalue weighted by atomic mass is 16.1. The average Bonchev–Trinajstić information content (AvgIpc) is 3.40. The van der Waals surface area contributed by atoms with Gasteiger partial charge in [-0.05, 0) is 30.5 Å². The summed E-state index contributed by atoms with van der Waals surface area (Å²) in [7, 11) is 1.84. The Bertz CT molecular complexity index is 927. The number of nitrogens with two attached hydrogens (primary N) is 1. The van der Waals surface area contributed by atoms with Crippen molar-refractivity contribution >= 4 is 17.7 Å². The molecule has 0 aliphatic heterocycles. The molecule has 2 heterocycles. The van der Waals surface area contributed by atoms with Gasteiger partial charge in [0.15, 0.2) is 0 Å². The van der Waals surface area contributed by atoms with Crippen LogP contribution in [0.3, 0.4) is 0 Å². The van der Waals surface area contributed by atoms with Crippen molar-refractivity contribution in [2.45, 2.75) is 18.8 Å². The summed E-state index contributed by atoms with van der Waals surface area (Å²) in [5.41, 5.74) is 8.79. The Morgan fingerprint density at radius 2 is 1.96 bits per heavy atom. The van der Waals surface area contributed by atoms with E-state index in [0.717, 1.165) is 16.8 Å². The molecule has 0 saturated heterocycles. The van der Waals surface area contributed by atoms with Crippen LogP contribution in [0.2, 0.25) is 0 Å². The van der Waals surface area contributed by atoms with Gasteiger partial charge in [0, 0.05) is 42.6 Å². The molecule has 0 bridgehead atoms. The minimum atomic E-state index is -0.177. The van der Waals surface area contributed by atoms with Crippen molar-refractivity contribution < 1.29 is 4.79 Å². The van der Waals surface area contributed by atoms with Gasteiger partial charge >= 0.3 is 0 Å². The maximum Gasteiger partial charge on any atom is 0.256 e. The third-order valence-electron chi connectivity index (χ3n) is 4.27. The molecule has 1 aliphatic carbocycles. The number of carbonyl (C=O) groups excluding carboxylic acids is 1. The van der Waals surface area contributed by atoms with Crippen molar-refractivity contribution in [3.05, 3.63) is 54.0 Å². The third-order valence-corrected chi connectivity index (χ3v) is 4.27. The highest BCUT2D eigenvalue weighted by Gasteiger charge is 2.27. The number of aryl methyl sites for hydroxylation is 1. The topological polar surface area (TPSA) is 98.7 Å². The predicted octanol–water partition coefficient (Wildman–Crippen LogP) is 2.59. The summed E-state index contributed by atoms with van der Waals surface area (Å²) in [5, 5.41) is 7.39. The second kappa shape index (κ2) is 6.01. The quantitative estimate of drug-likeness (QED) is 0.764. The molecule has 0 spiro atoms. The minimum Gasteiger partial charge on any atom is -0.368 e. The summed E-state index contributed by atoms with van der Waals surface area (Å²) in [6, 6.07) is 9.27. The lowest BCUT2D eigenvalue weighted by Gasteiger charge is -2.07. The molecule has 3 aromatic rings.